The van der Waals surface area contributed by atoms with Gasteiger partial charge in [0.15, 0.2) is 0 Å². The standard InChI is InChI=1S/C21H25ClN4O/c1-4-26(5-2)18-10-9-16(20(27)12-18)13-23-21-24-14-19(25(21)3)15-7-6-8-17(22)11-15/h6-12,14,27H,4-5,13H2,1-3H3,(H,23,24). The van der Waals surface area contributed by atoms with Gasteiger partial charge in [-0.2, -0.15) is 0 Å². The van der Waals surface area contributed by atoms with E-state index in [9.17, 15) is 5.11 Å². The Morgan fingerprint density at radius 1 is 1.15 bits per heavy atom. The highest BCUT2D eigenvalue weighted by molar-refractivity contribution is 6.30. The Hall–Kier alpha value is -2.66. The van der Waals surface area contributed by atoms with E-state index in [0.717, 1.165) is 41.5 Å². The number of nitrogens with zero attached hydrogens (tertiary/aromatic N) is 3. The average Bonchev–Trinajstić information content (AvgIpc) is 3.02. The molecule has 3 rings (SSSR count). The van der Waals surface area contributed by atoms with Gasteiger partial charge in [0, 0.05) is 54.6 Å². The van der Waals surface area contributed by atoms with Crippen molar-refractivity contribution in [3.63, 3.8) is 0 Å². The smallest absolute Gasteiger partial charge is 0.203 e. The molecule has 1 heterocycles. The molecule has 0 radical (unpaired) electrons. The van der Waals surface area contributed by atoms with E-state index in [1.54, 1.807) is 0 Å². The molecule has 0 aliphatic carbocycles. The van der Waals surface area contributed by atoms with Crippen LogP contribution in [0, 0.1) is 0 Å². The van der Waals surface area contributed by atoms with Gasteiger partial charge in [0.1, 0.15) is 5.75 Å². The zero-order valence-electron chi connectivity index (χ0n) is 15.9. The monoisotopic (exact) mass is 384 g/mol. The van der Waals surface area contributed by atoms with Crippen molar-refractivity contribution in [3.05, 3.63) is 59.2 Å². The summed E-state index contributed by atoms with van der Waals surface area (Å²) in [6.07, 6.45) is 1.82. The maximum absolute atomic E-state index is 10.4. The molecule has 6 heteroatoms. The van der Waals surface area contributed by atoms with Crippen LogP contribution in [0.1, 0.15) is 19.4 Å². The summed E-state index contributed by atoms with van der Waals surface area (Å²) >= 11 is 6.09. The molecule has 1 aromatic heterocycles. The summed E-state index contributed by atoms with van der Waals surface area (Å²) in [4.78, 5) is 6.66. The quantitative estimate of drug-likeness (QED) is 0.608. The van der Waals surface area contributed by atoms with Gasteiger partial charge >= 0.3 is 0 Å². The van der Waals surface area contributed by atoms with Gasteiger partial charge < -0.3 is 19.9 Å². The molecular weight excluding hydrogens is 360 g/mol. The first-order valence-electron chi connectivity index (χ1n) is 9.11. The molecule has 0 saturated carbocycles. The molecule has 27 heavy (non-hydrogen) atoms. The number of hydrogen-bond donors (Lipinski definition) is 2. The number of anilines is 2. The zero-order chi connectivity index (χ0) is 19.4. The number of halogens is 1. The molecule has 0 saturated heterocycles. The van der Waals surface area contributed by atoms with Crippen molar-refractivity contribution >= 4 is 23.2 Å². The number of aromatic nitrogens is 2. The summed E-state index contributed by atoms with van der Waals surface area (Å²) in [5.41, 5.74) is 3.85. The van der Waals surface area contributed by atoms with Crippen LogP contribution in [0.25, 0.3) is 11.3 Å². The van der Waals surface area contributed by atoms with Crippen LogP contribution in [0.15, 0.2) is 48.7 Å². The zero-order valence-corrected chi connectivity index (χ0v) is 16.7. The van der Waals surface area contributed by atoms with Crippen molar-refractivity contribution in [2.24, 2.45) is 7.05 Å². The van der Waals surface area contributed by atoms with Crippen LogP contribution in [-0.4, -0.2) is 27.7 Å². The lowest BCUT2D eigenvalue weighted by molar-refractivity contribution is 0.469. The lowest BCUT2D eigenvalue weighted by atomic mass is 10.1. The lowest BCUT2D eigenvalue weighted by Crippen LogP contribution is -2.21. The normalized spacial score (nSPS) is 10.8. The third-order valence-electron chi connectivity index (χ3n) is 4.74. The van der Waals surface area contributed by atoms with E-state index in [1.807, 2.05) is 60.3 Å². The molecule has 0 bridgehead atoms. The van der Waals surface area contributed by atoms with Gasteiger partial charge in [-0.05, 0) is 32.0 Å². The van der Waals surface area contributed by atoms with E-state index in [1.165, 1.54) is 0 Å². The minimum Gasteiger partial charge on any atom is -0.508 e. The van der Waals surface area contributed by atoms with Crippen LogP contribution in [0.2, 0.25) is 5.02 Å². The Bertz CT molecular complexity index is 918. The second-order valence-electron chi connectivity index (χ2n) is 6.38. The second-order valence-corrected chi connectivity index (χ2v) is 6.81. The van der Waals surface area contributed by atoms with Crippen LogP contribution in [0.5, 0.6) is 5.75 Å². The molecule has 0 aliphatic rings. The summed E-state index contributed by atoms with van der Waals surface area (Å²) in [5, 5.41) is 14.4. The molecule has 0 amide bonds. The van der Waals surface area contributed by atoms with Crippen LogP contribution >= 0.6 is 11.6 Å². The van der Waals surface area contributed by atoms with E-state index in [0.29, 0.717) is 11.6 Å². The third-order valence-corrected chi connectivity index (χ3v) is 4.98. The number of rotatable bonds is 7. The molecule has 0 spiro atoms. The van der Waals surface area contributed by atoms with Crippen molar-refractivity contribution in [1.82, 2.24) is 9.55 Å². The molecule has 5 nitrogen and oxygen atoms in total. The summed E-state index contributed by atoms with van der Waals surface area (Å²) in [7, 11) is 1.95. The highest BCUT2D eigenvalue weighted by Crippen LogP contribution is 2.27. The summed E-state index contributed by atoms with van der Waals surface area (Å²) < 4.78 is 1.98. The fourth-order valence-corrected chi connectivity index (χ4v) is 3.34. The number of imidazole rings is 1. The first kappa shape index (κ1) is 19.1. The van der Waals surface area contributed by atoms with Gasteiger partial charge in [0.05, 0.1) is 11.9 Å². The van der Waals surface area contributed by atoms with Gasteiger partial charge in [-0.3, -0.25) is 0 Å². The molecule has 3 aromatic rings. The Kier molecular flexibility index (Phi) is 5.91. The maximum atomic E-state index is 10.4. The van der Waals surface area contributed by atoms with Crippen molar-refractivity contribution in [2.75, 3.05) is 23.3 Å². The van der Waals surface area contributed by atoms with Crippen LogP contribution in [-0.2, 0) is 13.6 Å². The number of nitrogens with one attached hydrogen (secondary N) is 1. The molecule has 0 fully saturated rings. The van der Waals surface area contributed by atoms with Gasteiger partial charge in [-0.25, -0.2) is 4.98 Å². The minimum absolute atomic E-state index is 0.288. The molecule has 0 atom stereocenters. The van der Waals surface area contributed by atoms with Gasteiger partial charge in [-0.1, -0.05) is 29.8 Å². The number of hydrogen-bond acceptors (Lipinski definition) is 4. The van der Waals surface area contributed by atoms with E-state index in [2.05, 4.69) is 29.0 Å². The SMILES string of the molecule is CCN(CC)c1ccc(CNc2ncc(-c3cccc(Cl)c3)n2C)c(O)c1. The second kappa shape index (κ2) is 8.35. The Morgan fingerprint density at radius 3 is 2.59 bits per heavy atom. The average molecular weight is 385 g/mol. The van der Waals surface area contributed by atoms with Crippen LogP contribution in [0.4, 0.5) is 11.6 Å². The summed E-state index contributed by atoms with van der Waals surface area (Å²) in [6.45, 7) is 6.52. The van der Waals surface area contributed by atoms with Crippen molar-refractivity contribution in [3.8, 4) is 17.0 Å². The number of phenols is 1. The number of phenolic OH excluding ortho intramolecular Hbond substituents is 1. The van der Waals surface area contributed by atoms with E-state index in [4.69, 9.17) is 11.6 Å². The third kappa shape index (κ3) is 4.19. The van der Waals surface area contributed by atoms with E-state index < -0.39 is 0 Å². The first-order chi connectivity index (χ1) is 13.0. The summed E-state index contributed by atoms with van der Waals surface area (Å²) in [6, 6.07) is 13.5. The topological polar surface area (TPSA) is 53.3 Å². The maximum Gasteiger partial charge on any atom is 0.203 e. The molecule has 0 unspecified atom stereocenters. The highest BCUT2D eigenvalue weighted by atomic mass is 35.5. The number of benzene rings is 2. The number of aromatic hydroxyl groups is 1. The van der Waals surface area contributed by atoms with Crippen LogP contribution in [0.3, 0.4) is 0 Å². The minimum atomic E-state index is 0.288. The van der Waals surface area contributed by atoms with Gasteiger partial charge in [0.2, 0.25) is 5.95 Å². The first-order valence-corrected chi connectivity index (χ1v) is 9.49. The van der Waals surface area contributed by atoms with E-state index in [-0.39, 0.29) is 5.75 Å². The van der Waals surface area contributed by atoms with Crippen molar-refractivity contribution in [1.29, 1.82) is 0 Å². The largest absolute Gasteiger partial charge is 0.508 e. The fourth-order valence-electron chi connectivity index (χ4n) is 3.15. The van der Waals surface area contributed by atoms with Gasteiger partial charge in [-0.15, -0.1) is 0 Å². The Labute approximate surface area is 165 Å². The van der Waals surface area contributed by atoms with Crippen LogP contribution < -0.4 is 10.2 Å². The highest BCUT2D eigenvalue weighted by Gasteiger charge is 2.11. The molecule has 142 valence electrons. The Balaban J connectivity index is 1.74. The predicted molar refractivity (Wildman–Crippen MR) is 113 cm³/mol. The fraction of sp³-hybridized carbons (Fsp3) is 0.286. The predicted octanol–water partition coefficient (Wildman–Crippen LogP) is 4.90. The summed E-state index contributed by atoms with van der Waals surface area (Å²) in [5.74, 6) is 1.02. The molecule has 2 N–H and O–H groups in total. The lowest BCUT2D eigenvalue weighted by Gasteiger charge is -2.21. The van der Waals surface area contributed by atoms with E-state index >= 15 is 0 Å². The molecular formula is C21H25ClN4O. The van der Waals surface area contributed by atoms with Crippen molar-refractivity contribution < 1.29 is 5.11 Å². The van der Waals surface area contributed by atoms with Gasteiger partial charge in [0.25, 0.3) is 0 Å². The van der Waals surface area contributed by atoms with Crippen molar-refractivity contribution in [2.45, 2.75) is 20.4 Å². The Morgan fingerprint density at radius 2 is 1.93 bits per heavy atom. The molecule has 2 aromatic carbocycles. The molecule has 0 aliphatic heterocycles.